The number of carbonyl (C=O) groups is 1. The molecule has 2 fully saturated rings. The number of amides is 1. The molecule has 1 saturated carbocycles. The molecule has 3 heteroatoms. The van der Waals surface area contributed by atoms with Gasteiger partial charge in [-0.05, 0) is 44.2 Å². The number of benzene rings is 1. The molecule has 0 bridgehead atoms. The van der Waals surface area contributed by atoms with Gasteiger partial charge in [0.2, 0.25) is 5.91 Å². The summed E-state index contributed by atoms with van der Waals surface area (Å²) in [6.45, 7) is 4.90. The molecular formula is C17H24N2O. The summed E-state index contributed by atoms with van der Waals surface area (Å²) < 4.78 is 0. The van der Waals surface area contributed by atoms with Gasteiger partial charge >= 0.3 is 0 Å². The highest BCUT2D eigenvalue weighted by atomic mass is 16.2. The molecule has 1 aromatic rings. The van der Waals surface area contributed by atoms with Crippen LogP contribution in [0.15, 0.2) is 30.3 Å². The molecule has 0 aromatic heterocycles. The first kappa shape index (κ1) is 13.6. The van der Waals surface area contributed by atoms with E-state index in [1.165, 1.54) is 18.4 Å². The zero-order valence-electron chi connectivity index (χ0n) is 12.2. The van der Waals surface area contributed by atoms with Gasteiger partial charge in [-0.3, -0.25) is 4.79 Å². The number of nitrogens with zero attached hydrogens (tertiary/aromatic N) is 1. The zero-order chi connectivity index (χ0) is 13.9. The molecular weight excluding hydrogens is 248 g/mol. The highest BCUT2D eigenvalue weighted by Gasteiger charge is 2.45. The van der Waals surface area contributed by atoms with Gasteiger partial charge in [-0.15, -0.1) is 0 Å². The molecule has 3 rings (SSSR count). The summed E-state index contributed by atoms with van der Waals surface area (Å²) in [5, 5.41) is 3.48. The van der Waals surface area contributed by atoms with E-state index in [0.29, 0.717) is 17.9 Å². The Kier molecular flexibility index (Phi) is 4.06. The summed E-state index contributed by atoms with van der Waals surface area (Å²) in [6.07, 6.45) is 3.47. The molecule has 1 heterocycles. The van der Waals surface area contributed by atoms with Crippen LogP contribution >= 0.6 is 0 Å². The van der Waals surface area contributed by atoms with E-state index >= 15 is 0 Å². The monoisotopic (exact) mass is 272 g/mol. The Morgan fingerprint density at radius 2 is 2.15 bits per heavy atom. The van der Waals surface area contributed by atoms with Gasteiger partial charge in [-0.1, -0.05) is 30.3 Å². The Morgan fingerprint density at radius 1 is 1.35 bits per heavy atom. The lowest BCUT2D eigenvalue weighted by Crippen LogP contribution is -2.41. The zero-order valence-corrected chi connectivity index (χ0v) is 12.2. The van der Waals surface area contributed by atoms with Gasteiger partial charge in [0.15, 0.2) is 0 Å². The van der Waals surface area contributed by atoms with Crippen LogP contribution < -0.4 is 5.32 Å². The second-order valence-electron chi connectivity index (χ2n) is 6.03. The van der Waals surface area contributed by atoms with Crippen molar-refractivity contribution < 1.29 is 4.79 Å². The van der Waals surface area contributed by atoms with Gasteiger partial charge < -0.3 is 10.2 Å². The highest BCUT2D eigenvalue weighted by Crippen LogP contribution is 2.48. The Morgan fingerprint density at radius 3 is 2.80 bits per heavy atom. The minimum absolute atomic E-state index is 0.221. The molecule has 20 heavy (non-hydrogen) atoms. The Labute approximate surface area is 121 Å². The van der Waals surface area contributed by atoms with Crippen molar-refractivity contribution in [1.82, 2.24) is 10.2 Å². The second-order valence-corrected chi connectivity index (χ2v) is 6.03. The first-order chi connectivity index (χ1) is 9.79. The number of nitrogens with one attached hydrogen (secondary N) is 1. The predicted octanol–water partition coefficient (Wildman–Crippen LogP) is 2.39. The van der Waals surface area contributed by atoms with Crippen molar-refractivity contribution in [2.75, 3.05) is 19.6 Å². The van der Waals surface area contributed by atoms with E-state index in [0.717, 1.165) is 26.1 Å². The molecule has 3 atom stereocenters. The van der Waals surface area contributed by atoms with E-state index in [4.69, 9.17) is 0 Å². The number of hydrogen-bond acceptors (Lipinski definition) is 2. The van der Waals surface area contributed by atoms with Crippen molar-refractivity contribution in [3.8, 4) is 0 Å². The third kappa shape index (κ3) is 2.88. The van der Waals surface area contributed by atoms with Crippen molar-refractivity contribution in [1.29, 1.82) is 0 Å². The summed E-state index contributed by atoms with van der Waals surface area (Å²) in [7, 11) is 0. The minimum Gasteiger partial charge on any atom is -0.341 e. The summed E-state index contributed by atoms with van der Waals surface area (Å²) in [5.41, 5.74) is 1.32. The van der Waals surface area contributed by atoms with Crippen molar-refractivity contribution in [3.05, 3.63) is 35.9 Å². The Bertz CT molecular complexity index is 453. The van der Waals surface area contributed by atoms with Gasteiger partial charge in [-0.25, -0.2) is 0 Å². The van der Waals surface area contributed by atoms with E-state index in [2.05, 4.69) is 41.4 Å². The molecule has 0 spiro atoms. The van der Waals surface area contributed by atoms with E-state index in [1.54, 1.807) is 0 Å². The lowest BCUT2D eigenvalue weighted by Gasteiger charge is -2.24. The van der Waals surface area contributed by atoms with Gasteiger partial charge in [0.25, 0.3) is 0 Å². The second kappa shape index (κ2) is 5.96. The largest absolute Gasteiger partial charge is 0.341 e. The van der Waals surface area contributed by atoms with Crippen LogP contribution in [0.1, 0.15) is 37.7 Å². The maximum Gasteiger partial charge on any atom is 0.226 e. The standard InChI is InChI=1S/C17H24N2O/c1-2-19(12-14-9-6-10-18-14)17(20)16-11-15(16)13-7-4-3-5-8-13/h3-5,7-8,14-16,18H,2,6,9-12H2,1H3. The summed E-state index contributed by atoms with van der Waals surface area (Å²) in [5.74, 6) is 1.03. The van der Waals surface area contributed by atoms with Gasteiger partial charge in [0.05, 0.1) is 0 Å². The molecule has 2 aliphatic rings. The van der Waals surface area contributed by atoms with E-state index in [1.807, 2.05) is 6.07 Å². The molecule has 1 aliphatic carbocycles. The fourth-order valence-corrected chi connectivity index (χ4v) is 3.32. The average Bonchev–Trinajstić information content (AvgIpc) is 3.13. The number of carbonyl (C=O) groups excluding carboxylic acids is 1. The lowest BCUT2D eigenvalue weighted by atomic mass is 10.1. The first-order valence-corrected chi connectivity index (χ1v) is 7.86. The predicted molar refractivity (Wildman–Crippen MR) is 80.6 cm³/mol. The van der Waals surface area contributed by atoms with Crippen LogP contribution in [-0.4, -0.2) is 36.5 Å². The molecule has 1 saturated heterocycles. The third-order valence-electron chi connectivity index (χ3n) is 4.63. The van der Waals surface area contributed by atoms with Crippen LogP contribution in [0.2, 0.25) is 0 Å². The van der Waals surface area contributed by atoms with E-state index in [9.17, 15) is 4.79 Å². The van der Waals surface area contributed by atoms with Crippen LogP contribution in [0.3, 0.4) is 0 Å². The van der Waals surface area contributed by atoms with Crippen LogP contribution in [0.5, 0.6) is 0 Å². The molecule has 1 N–H and O–H groups in total. The molecule has 1 amide bonds. The maximum absolute atomic E-state index is 12.6. The lowest BCUT2D eigenvalue weighted by molar-refractivity contribution is -0.132. The smallest absolute Gasteiger partial charge is 0.226 e. The van der Waals surface area contributed by atoms with E-state index < -0.39 is 0 Å². The topological polar surface area (TPSA) is 32.3 Å². The van der Waals surface area contributed by atoms with Gasteiger partial charge in [0, 0.05) is 25.0 Å². The average molecular weight is 272 g/mol. The SMILES string of the molecule is CCN(CC1CCCN1)C(=O)C1CC1c1ccccc1. The van der Waals surface area contributed by atoms with Gasteiger partial charge in [0.1, 0.15) is 0 Å². The Hall–Kier alpha value is -1.35. The quantitative estimate of drug-likeness (QED) is 0.892. The van der Waals surface area contributed by atoms with Crippen molar-refractivity contribution in [2.45, 2.75) is 38.1 Å². The van der Waals surface area contributed by atoms with Crippen molar-refractivity contribution in [2.24, 2.45) is 5.92 Å². The highest BCUT2D eigenvalue weighted by molar-refractivity contribution is 5.83. The van der Waals surface area contributed by atoms with Crippen molar-refractivity contribution >= 4 is 5.91 Å². The normalized spacial score (nSPS) is 28.4. The molecule has 3 unspecified atom stereocenters. The molecule has 0 radical (unpaired) electrons. The van der Waals surface area contributed by atoms with Crippen molar-refractivity contribution in [3.63, 3.8) is 0 Å². The molecule has 1 aromatic carbocycles. The maximum atomic E-state index is 12.6. The fourth-order valence-electron chi connectivity index (χ4n) is 3.32. The van der Waals surface area contributed by atoms with Crippen LogP contribution in [0.4, 0.5) is 0 Å². The van der Waals surface area contributed by atoms with Gasteiger partial charge in [-0.2, -0.15) is 0 Å². The molecule has 3 nitrogen and oxygen atoms in total. The summed E-state index contributed by atoms with van der Waals surface area (Å²) in [6, 6.07) is 11.0. The van der Waals surface area contributed by atoms with Crippen LogP contribution in [-0.2, 0) is 4.79 Å². The van der Waals surface area contributed by atoms with Crippen LogP contribution in [0, 0.1) is 5.92 Å². The van der Waals surface area contributed by atoms with E-state index in [-0.39, 0.29) is 5.92 Å². The number of rotatable bonds is 5. The molecule has 1 aliphatic heterocycles. The third-order valence-corrected chi connectivity index (χ3v) is 4.63. The summed E-state index contributed by atoms with van der Waals surface area (Å²) >= 11 is 0. The fraction of sp³-hybridized carbons (Fsp3) is 0.588. The number of likely N-dealkylation sites (N-methyl/N-ethyl adjacent to an activating group) is 1. The molecule has 108 valence electrons. The summed E-state index contributed by atoms with van der Waals surface area (Å²) in [4.78, 5) is 14.7. The number of hydrogen-bond donors (Lipinski definition) is 1. The van der Waals surface area contributed by atoms with Crippen LogP contribution in [0.25, 0.3) is 0 Å². The first-order valence-electron chi connectivity index (χ1n) is 7.86. The minimum atomic E-state index is 0.221. The Balaban J connectivity index is 1.58.